The molecule has 0 aromatic heterocycles. The van der Waals surface area contributed by atoms with Crippen molar-refractivity contribution < 1.29 is 38.9 Å². The van der Waals surface area contributed by atoms with E-state index < -0.39 is 17.9 Å². The lowest BCUT2D eigenvalue weighted by molar-refractivity contribution is -0.120. The summed E-state index contributed by atoms with van der Waals surface area (Å²) in [5.41, 5.74) is -0.498. The van der Waals surface area contributed by atoms with Crippen molar-refractivity contribution >= 4 is 36.1 Å². The number of esters is 1. The summed E-state index contributed by atoms with van der Waals surface area (Å²) in [6.07, 6.45) is 0. The molecule has 0 heterocycles. The fraction of sp³-hybridized carbons (Fsp3) is 0.0588. The SMILES string of the molecule is COC(=O)c1cc(Sc2ccc(C(=O)O)c(OC=O)c2)ccc1C(=O)O. The molecule has 0 saturated heterocycles. The van der Waals surface area contributed by atoms with Crippen molar-refractivity contribution in [2.75, 3.05) is 7.11 Å². The minimum atomic E-state index is -1.27. The Balaban J connectivity index is 2.40. The summed E-state index contributed by atoms with van der Waals surface area (Å²) >= 11 is 1.12. The smallest absolute Gasteiger partial charge is 0.339 e. The molecule has 9 heteroatoms. The number of carbonyl (C=O) groups is 4. The van der Waals surface area contributed by atoms with Crippen molar-refractivity contribution in [3.63, 3.8) is 0 Å². The van der Waals surface area contributed by atoms with Crippen LogP contribution in [-0.4, -0.2) is 41.7 Å². The number of benzene rings is 2. The number of carboxylic acid groups (broad SMARTS) is 2. The van der Waals surface area contributed by atoms with E-state index in [9.17, 15) is 19.2 Å². The molecule has 0 fully saturated rings. The average Bonchev–Trinajstić information content (AvgIpc) is 2.61. The van der Waals surface area contributed by atoms with Crippen molar-refractivity contribution in [1.29, 1.82) is 0 Å². The minimum Gasteiger partial charge on any atom is -0.478 e. The summed E-state index contributed by atoms with van der Waals surface area (Å²) in [7, 11) is 1.14. The quantitative estimate of drug-likeness (QED) is 0.553. The molecule has 26 heavy (non-hydrogen) atoms. The number of carbonyl (C=O) groups excluding carboxylic acids is 2. The Morgan fingerprint density at radius 1 is 0.923 bits per heavy atom. The highest BCUT2D eigenvalue weighted by atomic mass is 32.2. The van der Waals surface area contributed by atoms with Gasteiger partial charge in [0.25, 0.3) is 6.47 Å². The van der Waals surface area contributed by atoms with Gasteiger partial charge in [0.2, 0.25) is 0 Å². The Bertz CT molecular complexity index is 890. The van der Waals surface area contributed by atoms with E-state index in [-0.39, 0.29) is 28.9 Å². The highest BCUT2D eigenvalue weighted by Crippen LogP contribution is 2.33. The van der Waals surface area contributed by atoms with Gasteiger partial charge in [0, 0.05) is 9.79 Å². The topological polar surface area (TPSA) is 127 Å². The highest BCUT2D eigenvalue weighted by Gasteiger charge is 2.18. The second-order valence-corrected chi connectivity index (χ2v) is 5.93. The van der Waals surface area contributed by atoms with Gasteiger partial charge < -0.3 is 19.7 Å². The van der Waals surface area contributed by atoms with E-state index in [1.807, 2.05) is 0 Å². The molecule has 2 aromatic carbocycles. The molecule has 0 aliphatic carbocycles. The Morgan fingerprint density at radius 3 is 2.04 bits per heavy atom. The van der Waals surface area contributed by atoms with Gasteiger partial charge in [-0.05, 0) is 36.4 Å². The van der Waals surface area contributed by atoms with Crippen LogP contribution in [0.15, 0.2) is 46.2 Å². The number of ether oxygens (including phenoxy) is 2. The summed E-state index contributed by atoms with van der Waals surface area (Å²) in [5, 5.41) is 18.2. The lowest BCUT2D eigenvalue weighted by Crippen LogP contribution is -2.10. The van der Waals surface area contributed by atoms with Crippen LogP contribution in [0.3, 0.4) is 0 Å². The number of methoxy groups -OCH3 is 1. The highest BCUT2D eigenvalue weighted by molar-refractivity contribution is 7.99. The molecule has 8 nitrogen and oxygen atoms in total. The van der Waals surface area contributed by atoms with Crippen molar-refractivity contribution in [1.82, 2.24) is 0 Å². The van der Waals surface area contributed by atoms with E-state index in [1.165, 1.54) is 36.4 Å². The fourth-order valence-corrected chi connectivity index (χ4v) is 2.97. The first-order valence-corrected chi connectivity index (χ1v) is 7.80. The molecule has 0 atom stereocenters. The van der Waals surface area contributed by atoms with Gasteiger partial charge in [-0.1, -0.05) is 11.8 Å². The zero-order chi connectivity index (χ0) is 19.3. The van der Waals surface area contributed by atoms with Gasteiger partial charge in [-0.25, -0.2) is 14.4 Å². The Hall–Kier alpha value is -3.33. The third-order valence-corrected chi connectivity index (χ3v) is 4.20. The van der Waals surface area contributed by atoms with Crippen LogP contribution in [0, 0.1) is 0 Å². The van der Waals surface area contributed by atoms with Gasteiger partial charge in [-0.15, -0.1) is 0 Å². The van der Waals surface area contributed by atoms with Crippen LogP contribution in [0.4, 0.5) is 0 Å². The molecule has 0 radical (unpaired) electrons. The molecule has 2 N–H and O–H groups in total. The monoisotopic (exact) mass is 376 g/mol. The molecule has 0 aliphatic rings. The molecule has 0 aliphatic heterocycles. The minimum absolute atomic E-state index is 0.114. The maximum atomic E-state index is 11.8. The van der Waals surface area contributed by atoms with Crippen LogP contribution in [0.25, 0.3) is 0 Å². The molecule has 2 rings (SSSR count). The lowest BCUT2D eigenvalue weighted by Gasteiger charge is -2.09. The second-order valence-electron chi connectivity index (χ2n) is 4.78. The third kappa shape index (κ3) is 4.19. The van der Waals surface area contributed by atoms with E-state index in [0.717, 1.165) is 18.9 Å². The van der Waals surface area contributed by atoms with Crippen molar-refractivity contribution in [3.8, 4) is 5.75 Å². The van der Waals surface area contributed by atoms with Crippen LogP contribution in [-0.2, 0) is 9.53 Å². The van der Waals surface area contributed by atoms with Gasteiger partial charge in [-0.2, -0.15) is 0 Å². The summed E-state index contributed by atoms with van der Waals surface area (Å²) in [4.78, 5) is 45.7. The average molecular weight is 376 g/mol. The first-order valence-electron chi connectivity index (χ1n) is 6.98. The Labute approximate surface area is 151 Å². The van der Waals surface area contributed by atoms with Gasteiger partial charge in [0.15, 0.2) is 0 Å². The maximum absolute atomic E-state index is 11.8. The maximum Gasteiger partial charge on any atom is 0.339 e. The van der Waals surface area contributed by atoms with E-state index in [0.29, 0.717) is 9.79 Å². The van der Waals surface area contributed by atoms with E-state index in [2.05, 4.69) is 9.47 Å². The van der Waals surface area contributed by atoms with Gasteiger partial charge in [-0.3, -0.25) is 4.79 Å². The summed E-state index contributed by atoms with van der Waals surface area (Å²) in [6.45, 7) is 0.118. The molecule has 0 saturated carbocycles. The van der Waals surface area contributed by atoms with Crippen LogP contribution < -0.4 is 4.74 Å². The summed E-state index contributed by atoms with van der Waals surface area (Å²) < 4.78 is 9.27. The second kappa shape index (κ2) is 8.17. The molecule has 2 aromatic rings. The first-order chi connectivity index (χ1) is 12.4. The number of hydrogen-bond donors (Lipinski definition) is 2. The molecule has 0 spiro atoms. The van der Waals surface area contributed by atoms with Crippen molar-refractivity contribution in [2.45, 2.75) is 9.79 Å². The van der Waals surface area contributed by atoms with Gasteiger partial charge in [0.05, 0.1) is 18.2 Å². The molecule has 0 amide bonds. The van der Waals surface area contributed by atoms with Crippen LogP contribution in [0.2, 0.25) is 0 Å². The molecule has 0 unspecified atom stereocenters. The number of rotatable bonds is 7. The van der Waals surface area contributed by atoms with E-state index in [4.69, 9.17) is 10.2 Å². The standard InChI is InChI=1S/C17H12O8S/c1-24-17(23)13-6-9(2-4-11(13)15(19)20)26-10-3-5-12(16(21)22)14(7-10)25-8-18/h2-8H,1H3,(H,19,20)(H,21,22). The van der Waals surface area contributed by atoms with Crippen LogP contribution >= 0.6 is 11.8 Å². The van der Waals surface area contributed by atoms with Crippen molar-refractivity contribution in [3.05, 3.63) is 53.1 Å². The summed E-state index contributed by atoms with van der Waals surface area (Å²) in [6, 6.07) is 8.24. The number of aromatic carboxylic acids is 2. The Kier molecular flexibility index (Phi) is 5.97. The zero-order valence-corrected chi connectivity index (χ0v) is 14.1. The normalized spacial score (nSPS) is 10.0. The molecular weight excluding hydrogens is 364 g/mol. The van der Waals surface area contributed by atoms with Gasteiger partial charge in [0.1, 0.15) is 11.3 Å². The number of carboxylic acids is 2. The molecule has 134 valence electrons. The molecular formula is C17H12O8S. The summed E-state index contributed by atoms with van der Waals surface area (Å²) in [5.74, 6) is -3.45. The zero-order valence-electron chi connectivity index (χ0n) is 13.3. The molecule has 0 bridgehead atoms. The fourth-order valence-electron chi connectivity index (χ4n) is 2.08. The first kappa shape index (κ1) is 19.0. The van der Waals surface area contributed by atoms with Gasteiger partial charge >= 0.3 is 17.9 Å². The third-order valence-electron chi connectivity index (χ3n) is 3.22. The van der Waals surface area contributed by atoms with E-state index in [1.54, 1.807) is 0 Å². The largest absolute Gasteiger partial charge is 0.478 e. The van der Waals surface area contributed by atoms with Crippen LogP contribution in [0.5, 0.6) is 5.75 Å². The van der Waals surface area contributed by atoms with Crippen LogP contribution in [0.1, 0.15) is 31.1 Å². The predicted molar refractivity (Wildman–Crippen MR) is 89.0 cm³/mol. The predicted octanol–water partition coefficient (Wildman–Crippen LogP) is 2.56. The van der Waals surface area contributed by atoms with E-state index >= 15 is 0 Å². The van der Waals surface area contributed by atoms with Crippen molar-refractivity contribution in [2.24, 2.45) is 0 Å². The lowest BCUT2D eigenvalue weighted by atomic mass is 10.1. The number of hydrogen-bond acceptors (Lipinski definition) is 7. The Morgan fingerprint density at radius 2 is 1.50 bits per heavy atom.